The standard InChI is InChI=1S/C22H26F3N3.2ClH/c23-22(24,25)18-3-1-2-17(12-18)15-4-6-16(7-5-15)20-13-21(20)27-9-11-28-10-8-19(26)14-28;;/h1-7,12,19-21,27H,8-11,13-14,26H2;2*1H/t19-,20+,21-;;/m1../s1. The van der Waals surface area contributed by atoms with E-state index in [1.807, 2.05) is 24.3 Å². The SMILES string of the molecule is Cl.Cl.N[C@@H]1CCN(CCN[C@@H]2C[C@H]2c2ccc(-c3cccc(C(F)(F)F)c3)cc2)C1. The fourth-order valence-electron chi connectivity index (χ4n) is 4.06. The minimum atomic E-state index is -4.32. The molecule has 0 spiro atoms. The number of hydrogen-bond acceptors (Lipinski definition) is 3. The molecule has 0 bridgehead atoms. The van der Waals surface area contributed by atoms with Crippen LogP contribution in [0.2, 0.25) is 0 Å². The third kappa shape index (κ3) is 6.11. The van der Waals surface area contributed by atoms with Crippen molar-refractivity contribution in [1.29, 1.82) is 0 Å². The molecule has 8 heteroatoms. The van der Waals surface area contributed by atoms with E-state index < -0.39 is 11.7 Å². The minimum absolute atomic E-state index is 0. The van der Waals surface area contributed by atoms with Gasteiger partial charge in [0.25, 0.3) is 0 Å². The number of likely N-dealkylation sites (tertiary alicyclic amines) is 1. The van der Waals surface area contributed by atoms with Crippen LogP contribution in [0.5, 0.6) is 0 Å². The van der Waals surface area contributed by atoms with Gasteiger partial charge in [-0.3, -0.25) is 0 Å². The van der Waals surface area contributed by atoms with Crippen molar-refractivity contribution in [3.05, 3.63) is 59.7 Å². The summed E-state index contributed by atoms with van der Waals surface area (Å²) in [5, 5.41) is 3.61. The molecule has 3 atom stereocenters. The van der Waals surface area contributed by atoms with Gasteiger partial charge in [-0.05, 0) is 48.2 Å². The van der Waals surface area contributed by atoms with Crippen LogP contribution in [0.3, 0.4) is 0 Å². The number of hydrogen-bond donors (Lipinski definition) is 2. The monoisotopic (exact) mass is 461 g/mol. The summed E-state index contributed by atoms with van der Waals surface area (Å²) in [5.74, 6) is 0.497. The van der Waals surface area contributed by atoms with Gasteiger partial charge in [0, 0.05) is 37.6 Å². The van der Waals surface area contributed by atoms with Crippen LogP contribution in [-0.2, 0) is 6.18 Å². The Balaban J connectivity index is 0.00000160. The molecule has 1 aliphatic heterocycles. The van der Waals surface area contributed by atoms with Gasteiger partial charge >= 0.3 is 6.18 Å². The molecule has 1 saturated heterocycles. The van der Waals surface area contributed by atoms with Crippen LogP contribution >= 0.6 is 24.8 Å². The Morgan fingerprint density at radius 1 is 1.03 bits per heavy atom. The van der Waals surface area contributed by atoms with Gasteiger partial charge in [0.1, 0.15) is 0 Å². The predicted octanol–water partition coefficient (Wildman–Crippen LogP) is 4.69. The minimum Gasteiger partial charge on any atom is -0.326 e. The van der Waals surface area contributed by atoms with Crippen LogP contribution < -0.4 is 11.1 Å². The summed E-state index contributed by atoms with van der Waals surface area (Å²) in [7, 11) is 0. The molecular weight excluding hydrogens is 434 g/mol. The van der Waals surface area contributed by atoms with Crippen LogP contribution in [0.15, 0.2) is 48.5 Å². The zero-order chi connectivity index (χ0) is 19.7. The first kappa shape index (κ1) is 25.0. The van der Waals surface area contributed by atoms with Crippen LogP contribution in [0.1, 0.15) is 29.9 Å². The van der Waals surface area contributed by atoms with E-state index in [9.17, 15) is 13.2 Å². The Morgan fingerprint density at radius 2 is 1.77 bits per heavy atom. The van der Waals surface area contributed by atoms with Crippen molar-refractivity contribution in [2.45, 2.75) is 37.0 Å². The van der Waals surface area contributed by atoms with Gasteiger partial charge in [0.15, 0.2) is 0 Å². The molecule has 1 aliphatic carbocycles. The van der Waals surface area contributed by atoms with E-state index in [2.05, 4.69) is 10.2 Å². The average molecular weight is 462 g/mol. The van der Waals surface area contributed by atoms with Crippen molar-refractivity contribution >= 4 is 24.8 Å². The fraction of sp³-hybridized carbons (Fsp3) is 0.455. The maximum atomic E-state index is 12.9. The summed E-state index contributed by atoms with van der Waals surface area (Å²) >= 11 is 0. The highest BCUT2D eigenvalue weighted by atomic mass is 35.5. The van der Waals surface area contributed by atoms with E-state index >= 15 is 0 Å². The van der Waals surface area contributed by atoms with Gasteiger partial charge in [0.05, 0.1) is 5.56 Å². The van der Waals surface area contributed by atoms with Crippen molar-refractivity contribution in [1.82, 2.24) is 10.2 Å². The Bertz CT molecular complexity index is 814. The summed E-state index contributed by atoms with van der Waals surface area (Å²) in [6.07, 6.45) is -2.12. The second-order valence-electron chi connectivity index (χ2n) is 7.95. The van der Waals surface area contributed by atoms with Crippen molar-refractivity contribution < 1.29 is 13.2 Å². The highest BCUT2D eigenvalue weighted by molar-refractivity contribution is 5.85. The van der Waals surface area contributed by atoms with Gasteiger partial charge in [0.2, 0.25) is 0 Å². The fourth-order valence-corrected chi connectivity index (χ4v) is 4.06. The van der Waals surface area contributed by atoms with E-state index in [1.165, 1.54) is 17.7 Å². The molecule has 3 nitrogen and oxygen atoms in total. The third-order valence-electron chi connectivity index (χ3n) is 5.80. The zero-order valence-electron chi connectivity index (χ0n) is 16.6. The number of alkyl halides is 3. The molecule has 3 N–H and O–H groups in total. The van der Waals surface area contributed by atoms with Crippen molar-refractivity contribution in [3.63, 3.8) is 0 Å². The molecule has 2 aromatic rings. The highest BCUT2D eigenvalue weighted by Crippen LogP contribution is 2.41. The van der Waals surface area contributed by atoms with Crippen molar-refractivity contribution in [2.24, 2.45) is 5.73 Å². The maximum Gasteiger partial charge on any atom is 0.416 e. The van der Waals surface area contributed by atoms with Crippen molar-refractivity contribution in [2.75, 3.05) is 26.2 Å². The normalized spacial score (nSPS) is 23.5. The van der Waals surface area contributed by atoms with E-state index in [0.29, 0.717) is 23.6 Å². The Morgan fingerprint density at radius 3 is 2.40 bits per heavy atom. The second-order valence-corrected chi connectivity index (χ2v) is 7.95. The zero-order valence-corrected chi connectivity index (χ0v) is 18.2. The molecule has 4 rings (SSSR count). The third-order valence-corrected chi connectivity index (χ3v) is 5.80. The van der Waals surface area contributed by atoms with E-state index in [0.717, 1.165) is 50.7 Å². The summed E-state index contributed by atoms with van der Waals surface area (Å²) in [6, 6.07) is 14.2. The molecule has 0 aromatic heterocycles. The lowest BCUT2D eigenvalue weighted by Gasteiger charge is -2.15. The molecule has 1 saturated carbocycles. The van der Waals surface area contributed by atoms with Gasteiger partial charge in [-0.2, -0.15) is 13.2 Å². The number of nitrogens with one attached hydrogen (secondary N) is 1. The first-order valence-electron chi connectivity index (χ1n) is 9.89. The molecule has 2 aliphatic rings. The van der Waals surface area contributed by atoms with E-state index in [1.54, 1.807) is 6.07 Å². The second kappa shape index (κ2) is 10.3. The average Bonchev–Trinajstić information content (AvgIpc) is 3.33. The number of halogens is 5. The molecule has 0 amide bonds. The number of benzene rings is 2. The smallest absolute Gasteiger partial charge is 0.326 e. The van der Waals surface area contributed by atoms with Gasteiger partial charge in [-0.25, -0.2) is 0 Å². The van der Waals surface area contributed by atoms with E-state index in [-0.39, 0.29) is 24.8 Å². The molecule has 0 radical (unpaired) electrons. The quantitative estimate of drug-likeness (QED) is 0.655. The number of nitrogens with zero attached hydrogens (tertiary/aromatic N) is 1. The number of nitrogens with two attached hydrogens (primary N) is 1. The van der Waals surface area contributed by atoms with Crippen LogP contribution in [-0.4, -0.2) is 43.2 Å². The van der Waals surface area contributed by atoms with E-state index in [4.69, 9.17) is 5.73 Å². The van der Waals surface area contributed by atoms with Crippen LogP contribution in [0, 0.1) is 0 Å². The molecule has 2 aromatic carbocycles. The Labute approximate surface area is 188 Å². The summed E-state index contributed by atoms with van der Waals surface area (Å²) in [4.78, 5) is 2.40. The largest absolute Gasteiger partial charge is 0.416 e. The summed E-state index contributed by atoms with van der Waals surface area (Å²) in [6.45, 7) is 4.09. The highest BCUT2D eigenvalue weighted by Gasteiger charge is 2.37. The Hall–Kier alpha value is -1.31. The number of rotatable bonds is 6. The lowest BCUT2D eigenvalue weighted by Crippen LogP contribution is -2.33. The first-order chi connectivity index (χ1) is 13.4. The molecule has 2 fully saturated rings. The van der Waals surface area contributed by atoms with Crippen LogP contribution in [0.25, 0.3) is 11.1 Å². The first-order valence-corrected chi connectivity index (χ1v) is 9.89. The lowest BCUT2D eigenvalue weighted by atomic mass is 10.0. The Kier molecular flexibility index (Phi) is 8.60. The van der Waals surface area contributed by atoms with Crippen molar-refractivity contribution in [3.8, 4) is 11.1 Å². The summed E-state index contributed by atoms with van der Waals surface area (Å²) in [5.41, 5.74) is 7.97. The predicted molar refractivity (Wildman–Crippen MR) is 120 cm³/mol. The van der Waals surface area contributed by atoms with Crippen LogP contribution in [0.4, 0.5) is 13.2 Å². The molecule has 166 valence electrons. The molecular formula is C22H28Cl2F3N3. The van der Waals surface area contributed by atoms with Gasteiger partial charge < -0.3 is 16.0 Å². The maximum absolute atomic E-state index is 12.9. The lowest BCUT2D eigenvalue weighted by molar-refractivity contribution is -0.137. The topological polar surface area (TPSA) is 41.3 Å². The molecule has 30 heavy (non-hydrogen) atoms. The van der Waals surface area contributed by atoms with Gasteiger partial charge in [-0.1, -0.05) is 36.4 Å². The van der Waals surface area contributed by atoms with Gasteiger partial charge in [-0.15, -0.1) is 24.8 Å². The summed E-state index contributed by atoms with van der Waals surface area (Å²) < 4.78 is 38.7. The molecule has 1 heterocycles. The molecule has 0 unspecified atom stereocenters.